The van der Waals surface area contributed by atoms with E-state index in [9.17, 15) is 20.0 Å². The third-order valence-electron chi connectivity index (χ3n) is 7.25. The Hall–Kier alpha value is -3.48. The Morgan fingerprint density at radius 2 is 2.05 bits per heavy atom. The minimum absolute atomic E-state index is 0.0627. The van der Waals surface area contributed by atoms with Crippen LogP contribution in [0.5, 0.6) is 5.88 Å². The molecule has 2 aliphatic heterocycles. The number of benzene rings is 1. The van der Waals surface area contributed by atoms with Crippen molar-refractivity contribution in [2.24, 2.45) is 11.8 Å². The first-order chi connectivity index (χ1) is 17.8. The van der Waals surface area contributed by atoms with Crippen molar-refractivity contribution in [3.63, 3.8) is 0 Å². The largest absolute Gasteiger partial charge is 0.472 e. The van der Waals surface area contributed by atoms with E-state index in [2.05, 4.69) is 11.1 Å². The molecule has 4 rings (SSSR count). The molecule has 0 saturated carbocycles. The highest BCUT2D eigenvalue weighted by Gasteiger charge is 2.35. The Balaban J connectivity index is 1.66. The molecule has 0 unspecified atom stereocenters. The molecule has 0 spiro atoms. The van der Waals surface area contributed by atoms with Crippen LogP contribution in [0.2, 0.25) is 0 Å². The number of rotatable bonds is 6. The lowest BCUT2D eigenvalue weighted by molar-refractivity contribution is -0.138. The van der Waals surface area contributed by atoms with Crippen molar-refractivity contribution < 1.29 is 24.2 Å². The predicted octanol–water partition coefficient (Wildman–Crippen LogP) is 2.73. The van der Waals surface area contributed by atoms with Crippen LogP contribution in [0.15, 0.2) is 36.5 Å². The minimum atomic E-state index is -0.409. The van der Waals surface area contributed by atoms with Crippen LogP contribution in [0.4, 0.5) is 0 Å². The van der Waals surface area contributed by atoms with Gasteiger partial charge in [-0.25, -0.2) is 4.98 Å². The van der Waals surface area contributed by atoms with Gasteiger partial charge in [0.15, 0.2) is 0 Å². The molecule has 9 heteroatoms. The van der Waals surface area contributed by atoms with E-state index in [1.165, 1.54) is 0 Å². The highest BCUT2D eigenvalue weighted by molar-refractivity contribution is 5.98. The monoisotopic (exact) mass is 506 g/mol. The number of carbonyl (C=O) groups is 2. The van der Waals surface area contributed by atoms with E-state index in [4.69, 9.17) is 9.47 Å². The van der Waals surface area contributed by atoms with Gasteiger partial charge in [-0.1, -0.05) is 19.1 Å². The van der Waals surface area contributed by atoms with E-state index >= 15 is 0 Å². The maximum absolute atomic E-state index is 13.7. The number of carbonyl (C=O) groups excluding carboxylic acids is 2. The number of pyridine rings is 1. The maximum Gasteiger partial charge on any atom is 0.259 e. The summed E-state index contributed by atoms with van der Waals surface area (Å²) in [6.45, 7) is 5.49. The average Bonchev–Trinajstić information content (AvgIpc) is 2.94. The van der Waals surface area contributed by atoms with Gasteiger partial charge in [0.1, 0.15) is 11.7 Å². The van der Waals surface area contributed by atoms with Crippen molar-refractivity contribution in [3.05, 3.63) is 47.7 Å². The van der Waals surface area contributed by atoms with E-state index in [1.54, 1.807) is 54.2 Å². The van der Waals surface area contributed by atoms with Crippen LogP contribution in [0, 0.1) is 23.2 Å². The molecule has 0 aliphatic carbocycles. The summed E-state index contributed by atoms with van der Waals surface area (Å²) in [6, 6.07) is 10.5. The Labute approximate surface area is 217 Å². The summed E-state index contributed by atoms with van der Waals surface area (Å²) in [6.07, 6.45) is 2.64. The summed E-state index contributed by atoms with van der Waals surface area (Å²) in [5, 5.41) is 19.2. The van der Waals surface area contributed by atoms with Crippen LogP contribution in [0.25, 0.3) is 11.1 Å². The SMILES string of the molecule is C[C@@H]1CN([C@@H](C)CO)C(=O)c2cc(-c3cccc(C#N)c3)cnc2O[C@@H]1CN(C)C(=O)C1CCOCC1. The number of hydrogen-bond donors (Lipinski definition) is 1. The van der Waals surface area contributed by atoms with Crippen molar-refractivity contribution in [2.45, 2.75) is 38.8 Å². The fraction of sp³-hybridized carbons (Fsp3) is 0.500. The Bertz CT molecular complexity index is 1170. The highest BCUT2D eigenvalue weighted by atomic mass is 16.5. The summed E-state index contributed by atoms with van der Waals surface area (Å²) < 4.78 is 11.7. The van der Waals surface area contributed by atoms with E-state index in [-0.39, 0.29) is 41.7 Å². The normalized spacial score (nSPS) is 21.2. The van der Waals surface area contributed by atoms with Gasteiger partial charge >= 0.3 is 0 Å². The Morgan fingerprint density at radius 3 is 2.76 bits per heavy atom. The summed E-state index contributed by atoms with van der Waals surface area (Å²) in [5.41, 5.74) is 2.24. The average molecular weight is 507 g/mol. The molecule has 2 amide bonds. The van der Waals surface area contributed by atoms with E-state index < -0.39 is 12.1 Å². The van der Waals surface area contributed by atoms with Crippen molar-refractivity contribution >= 4 is 11.8 Å². The van der Waals surface area contributed by atoms with Gasteiger partial charge < -0.3 is 24.4 Å². The van der Waals surface area contributed by atoms with Crippen molar-refractivity contribution in [2.75, 3.05) is 40.0 Å². The van der Waals surface area contributed by atoms with E-state index in [1.807, 2.05) is 13.0 Å². The van der Waals surface area contributed by atoms with Crippen LogP contribution in [-0.2, 0) is 9.53 Å². The van der Waals surface area contributed by atoms with E-state index in [0.29, 0.717) is 50.3 Å². The number of nitriles is 1. The van der Waals surface area contributed by atoms with E-state index in [0.717, 1.165) is 5.56 Å². The first kappa shape index (κ1) is 26.6. The molecule has 196 valence electrons. The van der Waals surface area contributed by atoms with Crippen LogP contribution in [-0.4, -0.2) is 83.8 Å². The topological polar surface area (TPSA) is 116 Å². The molecule has 1 aromatic heterocycles. The lowest BCUT2D eigenvalue weighted by atomic mass is 9.96. The van der Waals surface area contributed by atoms with Gasteiger partial charge in [0.25, 0.3) is 5.91 Å². The fourth-order valence-corrected chi connectivity index (χ4v) is 4.86. The number of aliphatic hydroxyl groups is 1. The second kappa shape index (κ2) is 11.7. The number of ether oxygens (including phenoxy) is 2. The number of nitrogens with zero attached hydrogens (tertiary/aromatic N) is 4. The molecule has 37 heavy (non-hydrogen) atoms. The number of likely N-dealkylation sites (N-methyl/N-ethyl adjacent to an activating group) is 1. The first-order valence-electron chi connectivity index (χ1n) is 12.7. The second-order valence-corrected chi connectivity index (χ2v) is 10.00. The quantitative estimate of drug-likeness (QED) is 0.640. The van der Waals surface area contributed by atoms with Crippen LogP contribution in [0.1, 0.15) is 42.6 Å². The predicted molar refractivity (Wildman–Crippen MR) is 137 cm³/mol. The molecule has 1 saturated heterocycles. The lowest BCUT2D eigenvalue weighted by Gasteiger charge is -2.38. The summed E-state index contributed by atoms with van der Waals surface area (Å²) in [7, 11) is 1.78. The van der Waals surface area contributed by atoms with Crippen LogP contribution in [0.3, 0.4) is 0 Å². The molecule has 0 radical (unpaired) electrons. The van der Waals surface area contributed by atoms with Gasteiger partial charge in [0.05, 0.1) is 30.8 Å². The minimum Gasteiger partial charge on any atom is -0.472 e. The second-order valence-electron chi connectivity index (χ2n) is 10.00. The third kappa shape index (κ3) is 5.92. The summed E-state index contributed by atoms with van der Waals surface area (Å²) >= 11 is 0. The molecule has 2 aromatic rings. The summed E-state index contributed by atoms with van der Waals surface area (Å²) in [4.78, 5) is 34.6. The standard InChI is InChI=1S/C28H34N4O5/c1-18-15-32(19(2)17-33)28(35)24-12-23(22-6-4-5-20(11-22)13-29)14-30-26(24)37-25(18)16-31(3)27(34)21-7-9-36-10-8-21/h4-6,11-12,14,18-19,21,25,33H,7-10,15-17H2,1-3H3/t18-,19+,25-/m1/s1. The van der Waals surface area contributed by atoms with Crippen LogP contribution >= 0.6 is 0 Å². The molecular weight excluding hydrogens is 472 g/mol. The van der Waals surface area contributed by atoms with Gasteiger partial charge in [0.2, 0.25) is 11.8 Å². The lowest BCUT2D eigenvalue weighted by Crippen LogP contribution is -2.51. The highest BCUT2D eigenvalue weighted by Crippen LogP contribution is 2.31. The first-order valence-corrected chi connectivity index (χ1v) is 12.7. The molecule has 3 heterocycles. The Morgan fingerprint density at radius 1 is 1.30 bits per heavy atom. The molecule has 0 bridgehead atoms. The van der Waals surface area contributed by atoms with Crippen molar-refractivity contribution in [3.8, 4) is 23.1 Å². The van der Waals surface area contributed by atoms with Gasteiger partial charge in [-0.05, 0) is 43.5 Å². The number of amides is 2. The zero-order valence-corrected chi connectivity index (χ0v) is 21.6. The molecular formula is C28H34N4O5. The zero-order chi connectivity index (χ0) is 26.5. The fourth-order valence-electron chi connectivity index (χ4n) is 4.86. The van der Waals surface area contributed by atoms with Crippen molar-refractivity contribution in [1.29, 1.82) is 5.26 Å². The Kier molecular flexibility index (Phi) is 8.41. The zero-order valence-electron chi connectivity index (χ0n) is 21.6. The summed E-state index contributed by atoms with van der Waals surface area (Å²) in [5.74, 6) is -0.196. The molecule has 2 aliphatic rings. The molecule has 1 fully saturated rings. The molecule has 1 N–H and O–H groups in total. The van der Waals surface area contributed by atoms with Gasteiger partial charge in [0, 0.05) is 50.4 Å². The van der Waals surface area contributed by atoms with Gasteiger partial charge in [-0.15, -0.1) is 0 Å². The third-order valence-corrected chi connectivity index (χ3v) is 7.25. The molecule has 9 nitrogen and oxygen atoms in total. The van der Waals surface area contributed by atoms with Crippen molar-refractivity contribution in [1.82, 2.24) is 14.8 Å². The number of hydrogen-bond acceptors (Lipinski definition) is 7. The van der Waals surface area contributed by atoms with Gasteiger partial charge in [-0.2, -0.15) is 5.26 Å². The molecule has 1 aromatic carbocycles. The maximum atomic E-state index is 13.7. The van der Waals surface area contributed by atoms with Crippen LogP contribution < -0.4 is 4.74 Å². The number of fused-ring (bicyclic) bond motifs is 1. The number of aromatic nitrogens is 1. The smallest absolute Gasteiger partial charge is 0.259 e. The number of aliphatic hydroxyl groups excluding tert-OH is 1. The van der Waals surface area contributed by atoms with Gasteiger partial charge in [-0.3, -0.25) is 9.59 Å². The molecule has 3 atom stereocenters.